The Morgan fingerprint density at radius 1 is 0.413 bits per heavy atom. The van der Waals surface area contributed by atoms with Crippen LogP contribution in [0.4, 0.5) is 17.1 Å². The van der Waals surface area contributed by atoms with E-state index in [9.17, 15) is 0 Å². The lowest BCUT2D eigenvalue weighted by molar-refractivity contribution is 1.27. The summed E-state index contributed by atoms with van der Waals surface area (Å²) in [6.45, 7) is 0. The van der Waals surface area contributed by atoms with Gasteiger partial charge in [0.05, 0.1) is 45.8 Å². The van der Waals surface area contributed by atoms with E-state index in [-0.39, 0.29) is 0 Å². The molecule has 0 saturated carbocycles. The van der Waals surface area contributed by atoms with Gasteiger partial charge in [-0.3, -0.25) is 9.97 Å². The van der Waals surface area contributed by atoms with Crippen LogP contribution in [0.5, 0.6) is 0 Å². The Labute approximate surface area is 269 Å². The average Bonchev–Trinajstić information content (AvgIpc) is 3.50. The largest absolute Gasteiger partial charge is 0.310 e. The number of nitrogens with zero attached hydrogens (tertiary/aromatic N) is 5. The van der Waals surface area contributed by atoms with E-state index < -0.39 is 0 Å². The number of rotatable bonds is 5. The van der Waals surface area contributed by atoms with E-state index in [1.54, 1.807) is 0 Å². The fraction of sp³-hybridized carbons (Fsp3) is 0. The molecule has 0 atom stereocenters. The fourth-order valence-corrected chi connectivity index (χ4v) is 7.14. The molecule has 0 bridgehead atoms. The molecule has 46 heavy (non-hydrogen) atoms. The number of aromatic nitrogens is 4. The highest BCUT2D eigenvalue weighted by molar-refractivity contribution is 7.25. The molecule has 0 aliphatic rings. The van der Waals surface area contributed by atoms with Gasteiger partial charge < -0.3 is 4.90 Å². The summed E-state index contributed by atoms with van der Waals surface area (Å²) < 4.78 is 2.57. The maximum absolute atomic E-state index is 4.86. The van der Waals surface area contributed by atoms with Gasteiger partial charge in [-0.1, -0.05) is 66.7 Å². The van der Waals surface area contributed by atoms with Gasteiger partial charge >= 0.3 is 0 Å². The van der Waals surface area contributed by atoms with Crippen LogP contribution in [0.1, 0.15) is 0 Å². The molecule has 6 heteroatoms. The van der Waals surface area contributed by atoms with Crippen LogP contribution in [0.25, 0.3) is 64.8 Å². The van der Waals surface area contributed by atoms with E-state index in [0.29, 0.717) is 0 Å². The predicted octanol–water partition coefficient (Wildman–Crippen LogP) is 10.7. The fourth-order valence-electron chi connectivity index (χ4n) is 6.06. The van der Waals surface area contributed by atoms with Crippen molar-refractivity contribution in [2.75, 3.05) is 4.90 Å². The average molecular weight is 608 g/mol. The maximum Gasteiger partial charge on any atom is 0.0894 e. The van der Waals surface area contributed by atoms with Gasteiger partial charge in [-0.15, -0.1) is 11.3 Å². The van der Waals surface area contributed by atoms with Gasteiger partial charge in [-0.05, 0) is 72.8 Å². The minimum absolute atomic E-state index is 0.851. The molecule has 0 N–H and O–H groups in total. The summed E-state index contributed by atoms with van der Waals surface area (Å²) in [6.07, 6.45) is 3.69. The highest BCUT2D eigenvalue weighted by Gasteiger charge is 2.16. The second-order valence-electron chi connectivity index (χ2n) is 11.2. The smallest absolute Gasteiger partial charge is 0.0894 e. The standard InChI is InChI=1S/C40H25N5S/c1-6-12-39-31(7-1)32-23-30(21-22-40(32)46-39)45(28-17-13-26(14-18-28)37-24-41-33-8-2-4-10-35(33)43-37)29-19-15-27(16-20-29)38-25-42-34-9-3-5-11-36(34)44-38/h1-25H. The van der Waals surface area contributed by atoms with Gasteiger partial charge in [-0.2, -0.15) is 0 Å². The summed E-state index contributed by atoms with van der Waals surface area (Å²) in [5, 5.41) is 2.54. The van der Waals surface area contributed by atoms with Crippen molar-refractivity contribution in [3.8, 4) is 22.5 Å². The summed E-state index contributed by atoms with van der Waals surface area (Å²) in [5.41, 5.74) is 10.5. The summed E-state index contributed by atoms with van der Waals surface area (Å²) in [7, 11) is 0. The summed E-state index contributed by atoms with van der Waals surface area (Å²) in [6, 6.07) is 48.4. The van der Waals surface area contributed by atoms with Crippen molar-refractivity contribution in [3.63, 3.8) is 0 Å². The zero-order chi connectivity index (χ0) is 30.5. The van der Waals surface area contributed by atoms with Crippen LogP contribution < -0.4 is 4.90 Å². The first kappa shape index (κ1) is 26.4. The van der Waals surface area contributed by atoms with Crippen LogP contribution in [-0.4, -0.2) is 19.9 Å². The Morgan fingerprint density at radius 3 is 1.48 bits per heavy atom. The van der Waals surface area contributed by atoms with E-state index in [1.165, 1.54) is 20.2 Å². The molecule has 0 spiro atoms. The van der Waals surface area contributed by atoms with Gasteiger partial charge in [0.2, 0.25) is 0 Å². The molecular weight excluding hydrogens is 583 g/mol. The van der Waals surface area contributed by atoms with Gasteiger partial charge in [0.1, 0.15) is 0 Å². The molecule has 0 radical (unpaired) electrons. The SMILES string of the molecule is c1ccc2nc(-c3ccc(N(c4ccc(-c5cnc6ccccc6n5)cc4)c4ccc5sc6ccccc6c5c4)cc3)cnc2c1. The topological polar surface area (TPSA) is 54.8 Å². The number of hydrogen-bond donors (Lipinski definition) is 0. The van der Waals surface area contributed by atoms with Crippen molar-refractivity contribution < 1.29 is 0 Å². The van der Waals surface area contributed by atoms with Gasteiger partial charge in [0, 0.05) is 48.4 Å². The van der Waals surface area contributed by atoms with E-state index in [1.807, 2.05) is 72.3 Å². The normalized spacial score (nSPS) is 11.5. The quantitative estimate of drug-likeness (QED) is 0.195. The van der Waals surface area contributed by atoms with E-state index in [0.717, 1.165) is 61.6 Å². The van der Waals surface area contributed by atoms with E-state index in [4.69, 9.17) is 9.97 Å². The molecule has 3 heterocycles. The lowest BCUT2D eigenvalue weighted by Crippen LogP contribution is -2.09. The Hall–Kier alpha value is -5.98. The summed E-state index contributed by atoms with van der Waals surface area (Å²) in [5.74, 6) is 0. The summed E-state index contributed by atoms with van der Waals surface area (Å²) in [4.78, 5) is 21.3. The van der Waals surface area contributed by atoms with Crippen LogP contribution in [0.15, 0.2) is 152 Å². The lowest BCUT2D eigenvalue weighted by Gasteiger charge is -2.26. The third kappa shape index (κ3) is 4.64. The highest BCUT2D eigenvalue weighted by atomic mass is 32.1. The number of para-hydroxylation sites is 4. The minimum Gasteiger partial charge on any atom is -0.310 e. The molecule has 9 rings (SSSR count). The zero-order valence-corrected chi connectivity index (χ0v) is 25.4. The molecule has 0 aliphatic heterocycles. The first-order valence-electron chi connectivity index (χ1n) is 15.1. The Morgan fingerprint density at radius 2 is 0.891 bits per heavy atom. The van der Waals surface area contributed by atoms with Gasteiger partial charge in [0.15, 0.2) is 0 Å². The lowest BCUT2D eigenvalue weighted by atomic mass is 10.1. The van der Waals surface area contributed by atoms with Crippen molar-refractivity contribution in [1.82, 2.24) is 19.9 Å². The maximum atomic E-state index is 4.86. The monoisotopic (exact) mass is 607 g/mol. The van der Waals surface area contributed by atoms with Crippen LogP contribution >= 0.6 is 11.3 Å². The first-order chi connectivity index (χ1) is 22.8. The van der Waals surface area contributed by atoms with Crippen molar-refractivity contribution in [3.05, 3.63) is 152 Å². The number of benzene rings is 6. The molecule has 216 valence electrons. The Kier molecular flexibility index (Phi) is 6.25. The molecular formula is C40H25N5S. The molecule has 0 aliphatic carbocycles. The summed E-state index contributed by atoms with van der Waals surface area (Å²) >= 11 is 1.83. The minimum atomic E-state index is 0.851. The molecule has 3 aromatic heterocycles. The Balaban J connectivity index is 1.14. The number of hydrogen-bond acceptors (Lipinski definition) is 6. The van der Waals surface area contributed by atoms with Gasteiger partial charge in [-0.25, -0.2) is 9.97 Å². The van der Waals surface area contributed by atoms with Gasteiger partial charge in [0.25, 0.3) is 0 Å². The van der Waals surface area contributed by atoms with Crippen LogP contribution in [-0.2, 0) is 0 Å². The molecule has 0 unspecified atom stereocenters. The van der Waals surface area contributed by atoms with Crippen molar-refractivity contribution in [2.45, 2.75) is 0 Å². The molecule has 0 amide bonds. The second kappa shape index (κ2) is 10.9. The molecule has 9 aromatic rings. The second-order valence-corrected chi connectivity index (χ2v) is 12.3. The number of anilines is 3. The number of fused-ring (bicyclic) bond motifs is 5. The molecule has 0 fully saturated rings. The third-order valence-corrected chi connectivity index (χ3v) is 9.51. The molecule has 6 aromatic carbocycles. The van der Waals surface area contributed by atoms with Crippen LogP contribution in [0, 0.1) is 0 Å². The Bertz CT molecular complexity index is 2420. The van der Waals surface area contributed by atoms with Crippen LogP contribution in [0.3, 0.4) is 0 Å². The zero-order valence-electron chi connectivity index (χ0n) is 24.6. The van der Waals surface area contributed by atoms with Crippen molar-refractivity contribution in [1.29, 1.82) is 0 Å². The van der Waals surface area contributed by atoms with E-state index in [2.05, 4.69) is 106 Å². The highest BCUT2D eigenvalue weighted by Crippen LogP contribution is 2.41. The van der Waals surface area contributed by atoms with Crippen molar-refractivity contribution in [2.24, 2.45) is 0 Å². The van der Waals surface area contributed by atoms with Crippen LogP contribution in [0.2, 0.25) is 0 Å². The first-order valence-corrected chi connectivity index (χ1v) is 15.9. The molecule has 0 saturated heterocycles. The molecule has 5 nitrogen and oxygen atoms in total. The van der Waals surface area contributed by atoms with Crippen molar-refractivity contribution >= 4 is 70.6 Å². The van der Waals surface area contributed by atoms with E-state index >= 15 is 0 Å². The number of thiophene rings is 1. The third-order valence-electron chi connectivity index (χ3n) is 8.36. The predicted molar refractivity (Wildman–Crippen MR) is 191 cm³/mol.